The molecule has 0 unspecified atom stereocenters. The first kappa shape index (κ1) is 14.8. The SMILES string of the molecule is Cc1ccccc1OCC(=O)Nc1cnc(N(C)C)nc1. The highest BCUT2D eigenvalue weighted by Gasteiger charge is 2.06. The number of hydrogen-bond donors (Lipinski definition) is 1. The molecule has 0 radical (unpaired) electrons. The van der Waals surface area contributed by atoms with Gasteiger partial charge in [0.15, 0.2) is 6.61 Å². The molecule has 0 aliphatic heterocycles. The van der Waals surface area contributed by atoms with Crippen molar-refractivity contribution in [3.05, 3.63) is 42.2 Å². The number of benzene rings is 1. The summed E-state index contributed by atoms with van der Waals surface area (Å²) in [6, 6.07) is 7.55. The van der Waals surface area contributed by atoms with Crippen LogP contribution in [0, 0.1) is 6.92 Å². The average Bonchev–Trinajstić information content (AvgIpc) is 2.47. The quantitative estimate of drug-likeness (QED) is 0.909. The Kier molecular flexibility index (Phi) is 4.71. The van der Waals surface area contributed by atoms with E-state index in [0.29, 0.717) is 17.4 Å². The molecule has 21 heavy (non-hydrogen) atoms. The van der Waals surface area contributed by atoms with Gasteiger partial charge >= 0.3 is 0 Å². The molecular formula is C15H18N4O2. The van der Waals surface area contributed by atoms with Crippen molar-refractivity contribution < 1.29 is 9.53 Å². The number of aromatic nitrogens is 2. The summed E-state index contributed by atoms with van der Waals surface area (Å²) in [6.07, 6.45) is 3.13. The summed E-state index contributed by atoms with van der Waals surface area (Å²) in [7, 11) is 3.70. The smallest absolute Gasteiger partial charge is 0.262 e. The molecule has 2 aromatic rings. The fourth-order valence-corrected chi connectivity index (χ4v) is 1.68. The molecular weight excluding hydrogens is 268 g/mol. The molecule has 0 aliphatic rings. The molecule has 2 rings (SSSR count). The van der Waals surface area contributed by atoms with Crippen LogP contribution in [0.1, 0.15) is 5.56 Å². The number of carbonyl (C=O) groups is 1. The number of anilines is 2. The Labute approximate surface area is 123 Å². The van der Waals surface area contributed by atoms with Gasteiger partial charge in [0, 0.05) is 14.1 Å². The maximum atomic E-state index is 11.8. The standard InChI is InChI=1S/C15H18N4O2/c1-11-6-4-5-7-13(11)21-10-14(20)18-12-8-16-15(17-9-12)19(2)3/h4-9H,10H2,1-3H3,(H,18,20). The zero-order valence-corrected chi connectivity index (χ0v) is 12.3. The summed E-state index contributed by atoms with van der Waals surface area (Å²) in [5.41, 5.74) is 1.53. The Morgan fingerprint density at radius 3 is 2.52 bits per heavy atom. The first-order valence-corrected chi connectivity index (χ1v) is 6.54. The van der Waals surface area contributed by atoms with Gasteiger partial charge in [0.05, 0.1) is 18.1 Å². The number of ether oxygens (including phenoxy) is 1. The van der Waals surface area contributed by atoms with Crippen molar-refractivity contribution in [2.75, 3.05) is 30.9 Å². The third kappa shape index (κ3) is 4.17. The second-order valence-corrected chi connectivity index (χ2v) is 4.77. The monoisotopic (exact) mass is 286 g/mol. The Hall–Kier alpha value is -2.63. The first-order chi connectivity index (χ1) is 10.1. The van der Waals surface area contributed by atoms with Crippen LogP contribution >= 0.6 is 0 Å². The van der Waals surface area contributed by atoms with E-state index in [9.17, 15) is 4.79 Å². The van der Waals surface area contributed by atoms with Crippen LogP contribution in [0.25, 0.3) is 0 Å². The lowest BCUT2D eigenvalue weighted by atomic mass is 10.2. The summed E-state index contributed by atoms with van der Waals surface area (Å²) >= 11 is 0. The average molecular weight is 286 g/mol. The summed E-state index contributed by atoms with van der Waals surface area (Å²) in [6.45, 7) is 1.88. The van der Waals surface area contributed by atoms with Crippen molar-refractivity contribution in [2.24, 2.45) is 0 Å². The van der Waals surface area contributed by atoms with Crippen molar-refractivity contribution in [3.8, 4) is 5.75 Å². The van der Waals surface area contributed by atoms with Crippen molar-refractivity contribution in [1.29, 1.82) is 0 Å². The van der Waals surface area contributed by atoms with Crippen molar-refractivity contribution >= 4 is 17.5 Å². The fourth-order valence-electron chi connectivity index (χ4n) is 1.68. The zero-order valence-electron chi connectivity index (χ0n) is 12.3. The largest absolute Gasteiger partial charge is 0.483 e. The van der Waals surface area contributed by atoms with Crippen LogP contribution < -0.4 is 15.0 Å². The lowest BCUT2D eigenvalue weighted by molar-refractivity contribution is -0.118. The van der Waals surface area contributed by atoms with Gasteiger partial charge in [-0.1, -0.05) is 18.2 Å². The Bertz CT molecular complexity index is 611. The van der Waals surface area contributed by atoms with Crippen molar-refractivity contribution in [1.82, 2.24) is 9.97 Å². The highest BCUT2D eigenvalue weighted by molar-refractivity contribution is 5.91. The molecule has 1 aromatic heterocycles. The van der Waals surface area contributed by atoms with Crippen molar-refractivity contribution in [2.45, 2.75) is 6.92 Å². The Morgan fingerprint density at radius 2 is 1.90 bits per heavy atom. The van der Waals surface area contributed by atoms with E-state index in [4.69, 9.17) is 4.74 Å². The van der Waals surface area contributed by atoms with Crippen LogP contribution in [0.4, 0.5) is 11.6 Å². The maximum Gasteiger partial charge on any atom is 0.262 e. The minimum absolute atomic E-state index is 0.0553. The lowest BCUT2D eigenvalue weighted by Gasteiger charge is -2.11. The lowest BCUT2D eigenvalue weighted by Crippen LogP contribution is -2.21. The second kappa shape index (κ2) is 6.69. The number of nitrogens with zero attached hydrogens (tertiary/aromatic N) is 3. The van der Waals surface area contributed by atoms with E-state index >= 15 is 0 Å². The molecule has 110 valence electrons. The Balaban J connectivity index is 1.88. The molecule has 0 spiro atoms. The third-order valence-electron chi connectivity index (χ3n) is 2.77. The minimum Gasteiger partial charge on any atom is -0.483 e. The minimum atomic E-state index is -0.251. The highest BCUT2D eigenvalue weighted by atomic mass is 16.5. The maximum absolute atomic E-state index is 11.8. The number of para-hydroxylation sites is 1. The number of amides is 1. The van der Waals surface area contributed by atoms with Gasteiger partial charge in [0.25, 0.3) is 5.91 Å². The van der Waals surface area contributed by atoms with Crippen LogP contribution in [0.2, 0.25) is 0 Å². The van der Waals surface area contributed by atoms with Crippen LogP contribution in [0.15, 0.2) is 36.7 Å². The van der Waals surface area contributed by atoms with E-state index in [1.165, 1.54) is 0 Å². The van der Waals surface area contributed by atoms with Gasteiger partial charge in [-0.25, -0.2) is 9.97 Å². The normalized spacial score (nSPS) is 10.0. The van der Waals surface area contributed by atoms with Gasteiger partial charge in [-0.2, -0.15) is 0 Å². The third-order valence-corrected chi connectivity index (χ3v) is 2.77. The van der Waals surface area contributed by atoms with Crippen LogP contribution in [-0.2, 0) is 4.79 Å². The van der Waals surface area contributed by atoms with Crippen LogP contribution in [0.3, 0.4) is 0 Å². The van der Waals surface area contributed by atoms with Gasteiger partial charge in [0.1, 0.15) is 5.75 Å². The molecule has 1 N–H and O–H groups in total. The Morgan fingerprint density at radius 1 is 1.24 bits per heavy atom. The number of rotatable bonds is 5. The van der Waals surface area contributed by atoms with E-state index < -0.39 is 0 Å². The molecule has 6 nitrogen and oxygen atoms in total. The molecule has 0 saturated heterocycles. The van der Waals surface area contributed by atoms with Gasteiger partial charge in [0.2, 0.25) is 5.95 Å². The number of carbonyl (C=O) groups excluding carboxylic acids is 1. The number of hydrogen-bond acceptors (Lipinski definition) is 5. The molecule has 0 saturated carbocycles. The molecule has 1 amide bonds. The molecule has 0 fully saturated rings. The van der Waals surface area contributed by atoms with Crippen LogP contribution in [-0.4, -0.2) is 36.6 Å². The summed E-state index contributed by atoms with van der Waals surface area (Å²) in [5.74, 6) is 1.04. The summed E-state index contributed by atoms with van der Waals surface area (Å²) < 4.78 is 5.47. The van der Waals surface area contributed by atoms with Crippen molar-refractivity contribution in [3.63, 3.8) is 0 Å². The molecule has 1 aromatic carbocycles. The van der Waals surface area contributed by atoms with Gasteiger partial charge < -0.3 is 15.0 Å². The summed E-state index contributed by atoms with van der Waals surface area (Å²) in [5, 5.41) is 2.69. The topological polar surface area (TPSA) is 67.3 Å². The van der Waals surface area contributed by atoms with Gasteiger partial charge in [-0.05, 0) is 18.6 Å². The predicted molar refractivity (Wildman–Crippen MR) is 81.7 cm³/mol. The second-order valence-electron chi connectivity index (χ2n) is 4.77. The van der Waals surface area contributed by atoms with E-state index in [2.05, 4.69) is 15.3 Å². The van der Waals surface area contributed by atoms with E-state index in [1.54, 1.807) is 17.3 Å². The van der Waals surface area contributed by atoms with E-state index in [1.807, 2.05) is 45.3 Å². The van der Waals surface area contributed by atoms with Gasteiger partial charge in [-0.15, -0.1) is 0 Å². The van der Waals surface area contributed by atoms with E-state index in [-0.39, 0.29) is 12.5 Å². The fraction of sp³-hybridized carbons (Fsp3) is 0.267. The molecule has 0 aliphatic carbocycles. The highest BCUT2D eigenvalue weighted by Crippen LogP contribution is 2.16. The zero-order chi connectivity index (χ0) is 15.2. The number of aryl methyl sites for hydroxylation is 1. The van der Waals surface area contributed by atoms with Crippen LogP contribution in [0.5, 0.6) is 5.75 Å². The first-order valence-electron chi connectivity index (χ1n) is 6.54. The molecule has 6 heteroatoms. The van der Waals surface area contributed by atoms with E-state index in [0.717, 1.165) is 5.56 Å². The molecule has 0 bridgehead atoms. The van der Waals surface area contributed by atoms with Gasteiger partial charge in [-0.3, -0.25) is 4.79 Å². The summed E-state index contributed by atoms with van der Waals surface area (Å²) in [4.78, 5) is 21.8. The number of nitrogens with one attached hydrogen (secondary N) is 1. The predicted octanol–water partition coefficient (Wildman–Crippen LogP) is 1.87. The molecule has 1 heterocycles. The molecule has 0 atom stereocenters.